The number of likely N-dealkylation sites (tertiary alicyclic amines) is 2. The van der Waals surface area contributed by atoms with Gasteiger partial charge in [0.2, 0.25) is 11.9 Å². The molecule has 5 rings (SSSR count). The van der Waals surface area contributed by atoms with E-state index in [2.05, 4.69) is 67.1 Å². The predicted molar refractivity (Wildman–Crippen MR) is 219 cm³/mol. The zero-order chi connectivity index (χ0) is 38.3. The molecule has 2 aliphatic heterocycles. The number of amides is 2. The van der Waals surface area contributed by atoms with E-state index in [0.29, 0.717) is 54.5 Å². The van der Waals surface area contributed by atoms with Crippen LogP contribution in [0.3, 0.4) is 0 Å². The smallest absolute Gasteiger partial charge is 0.410 e. The molecule has 1 aromatic heterocycles. The Morgan fingerprint density at radius 1 is 1.09 bits per heavy atom. The van der Waals surface area contributed by atoms with Crippen LogP contribution >= 0.6 is 18.5 Å². The highest BCUT2D eigenvalue weighted by atomic mass is 32.7. The summed E-state index contributed by atoms with van der Waals surface area (Å²) in [6, 6.07) is 13.8. The van der Waals surface area contributed by atoms with Gasteiger partial charge < -0.3 is 25.4 Å². The average molecular weight is 763 g/mol. The van der Waals surface area contributed by atoms with E-state index in [1.165, 1.54) is 17.2 Å². The molecule has 286 valence electrons. The number of anilines is 1. The number of aliphatic imine (C=N–C) groups is 2. The lowest BCUT2D eigenvalue weighted by molar-refractivity contribution is -0.139. The van der Waals surface area contributed by atoms with Crippen LogP contribution in [-0.2, 0) is 9.53 Å². The van der Waals surface area contributed by atoms with Crippen molar-refractivity contribution >= 4 is 59.6 Å². The molecule has 53 heavy (non-hydrogen) atoms. The second-order valence-corrected chi connectivity index (χ2v) is 19.7. The number of para-hydroxylation sites is 1. The molecule has 2 unspecified atom stereocenters. The van der Waals surface area contributed by atoms with Crippen molar-refractivity contribution in [1.82, 2.24) is 19.6 Å². The number of aromatic nitrogens is 2. The quantitative estimate of drug-likeness (QED) is 0.129. The van der Waals surface area contributed by atoms with E-state index in [4.69, 9.17) is 20.2 Å². The van der Waals surface area contributed by atoms with Crippen molar-refractivity contribution in [2.75, 3.05) is 38.7 Å². The van der Waals surface area contributed by atoms with E-state index >= 15 is 0 Å². The summed E-state index contributed by atoms with van der Waals surface area (Å²) in [6.07, 6.45) is 6.62. The number of hydrogen-bond acceptors (Lipinski definition) is 7. The predicted octanol–water partition coefficient (Wildman–Crippen LogP) is 7.57. The molecular weight excluding hydrogens is 708 g/mol. The molecule has 2 amide bonds. The molecule has 14 heteroatoms. The Labute approximate surface area is 319 Å². The van der Waals surface area contributed by atoms with E-state index in [9.17, 15) is 9.59 Å². The molecule has 3 N–H and O–H groups in total. The van der Waals surface area contributed by atoms with Gasteiger partial charge in [-0.3, -0.25) is 9.69 Å². The van der Waals surface area contributed by atoms with Gasteiger partial charge in [0.15, 0.2) is 5.82 Å². The number of rotatable bonds is 9. The Hall–Kier alpha value is -4.09. The van der Waals surface area contributed by atoms with Gasteiger partial charge in [0.25, 0.3) is 0 Å². The molecule has 0 radical (unpaired) electrons. The standard InChI is InChI=1S/C39H55N8O4PS/c1-26(2)53-52(8)34-15-10-9-13-31(34)47-35(16-19-42-47)44-37(41-25-40)43-30-23-27(3)29(24-33(30)50-7)28-17-21-45(22-18-28)36(48)32-14-11-12-20-46(32)38(49)51-39(4,5)6/h9-10,13,15-16,19,23-26,28,32H,11-12,14,17-18,20-22H2,1-8H3,(H3,40,41,43,44). The van der Waals surface area contributed by atoms with Gasteiger partial charge in [-0.25, -0.2) is 14.5 Å². The number of hydrogen-bond donors (Lipinski definition) is 2. The van der Waals surface area contributed by atoms with Gasteiger partial charge in [-0.15, -0.1) is 11.4 Å². The maximum Gasteiger partial charge on any atom is 0.410 e. The van der Waals surface area contributed by atoms with Crippen LogP contribution in [0.15, 0.2) is 58.6 Å². The molecule has 2 atom stereocenters. The van der Waals surface area contributed by atoms with Gasteiger partial charge in [-0.2, -0.15) is 10.1 Å². The van der Waals surface area contributed by atoms with Gasteiger partial charge in [-0.1, -0.05) is 32.0 Å². The largest absolute Gasteiger partial charge is 0.495 e. The third kappa shape index (κ3) is 10.1. The lowest BCUT2D eigenvalue weighted by Crippen LogP contribution is -2.55. The summed E-state index contributed by atoms with van der Waals surface area (Å²) in [5.74, 6) is 1.82. The molecule has 0 saturated carbocycles. The second kappa shape index (κ2) is 17.8. The van der Waals surface area contributed by atoms with Crippen LogP contribution in [-0.4, -0.2) is 94.2 Å². The van der Waals surface area contributed by atoms with Crippen LogP contribution < -0.4 is 21.1 Å². The zero-order valence-electron chi connectivity index (χ0n) is 32.3. The van der Waals surface area contributed by atoms with Crippen LogP contribution in [0.2, 0.25) is 0 Å². The number of carbonyl (C=O) groups excluding carboxylic acids is 2. The highest BCUT2D eigenvalue weighted by Crippen LogP contribution is 2.49. The van der Waals surface area contributed by atoms with E-state index in [1.807, 2.05) is 59.9 Å². The van der Waals surface area contributed by atoms with Crippen molar-refractivity contribution in [3.8, 4) is 11.4 Å². The first-order chi connectivity index (χ1) is 25.3. The maximum absolute atomic E-state index is 13.8. The minimum absolute atomic E-state index is 0.0184. The highest BCUT2D eigenvalue weighted by molar-refractivity contribution is 8.58. The first kappa shape index (κ1) is 40.1. The van der Waals surface area contributed by atoms with Crippen LogP contribution in [0, 0.1) is 6.92 Å². The Morgan fingerprint density at radius 2 is 1.83 bits per heavy atom. The summed E-state index contributed by atoms with van der Waals surface area (Å²) in [5.41, 5.74) is 9.15. The van der Waals surface area contributed by atoms with Crippen LogP contribution in [0.25, 0.3) is 5.69 Å². The van der Waals surface area contributed by atoms with Crippen LogP contribution in [0.4, 0.5) is 16.3 Å². The van der Waals surface area contributed by atoms with Gasteiger partial charge >= 0.3 is 6.09 Å². The summed E-state index contributed by atoms with van der Waals surface area (Å²) in [5, 5.41) is 9.73. The van der Waals surface area contributed by atoms with Crippen molar-refractivity contribution in [1.29, 1.82) is 0 Å². The van der Waals surface area contributed by atoms with Crippen molar-refractivity contribution in [3.63, 3.8) is 0 Å². The maximum atomic E-state index is 13.8. The number of aryl methyl sites for hydroxylation is 1. The van der Waals surface area contributed by atoms with Crippen LogP contribution in [0.5, 0.6) is 5.75 Å². The SMILES string of the molecule is COc1cc(C2CCN(C(=O)C3CCCCN3C(=O)OC(C)(C)C)CC2)c(C)cc1NC(=N/c1ccnn1-c1ccccc1P(C)SC(C)C)/N=C/N. The minimum atomic E-state index is -0.613. The Balaban J connectivity index is 1.31. The molecule has 2 saturated heterocycles. The second-order valence-electron chi connectivity index (χ2n) is 14.8. The van der Waals surface area contributed by atoms with Gasteiger partial charge in [0.1, 0.15) is 17.4 Å². The molecule has 3 aromatic rings. The monoisotopic (exact) mass is 762 g/mol. The van der Waals surface area contributed by atoms with Crippen molar-refractivity contribution in [3.05, 3.63) is 59.8 Å². The summed E-state index contributed by atoms with van der Waals surface area (Å²) >= 11 is 1.96. The topological polar surface area (TPSA) is 140 Å². The molecule has 2 aliphatic rings. The summed E-state index contributed by atoms with van der Waals surface area (Å²) in [7, 11) is 1.18. The number of nitrogens with two attached hydrogens (primary N) is 1. The number of benzene rings is 2. The Bertz CT molecular complexity index is 1800. The molecule has 0 aliphatic carbocycles. The third-order valence-electron chi connectivity index (χ3n) is 9.36. The lowest BCUT2D eigenvalue weighted by Gasteiger charge is -2.40. The molecule has 2 aromatic carbocycles. The minimum Gasteiger partial charge on any atom is -0.495 e. The number of piperidine rings is 2. The number of nitrogens with zero attached hydrogens (tertiary/aromatic N) is 6. The zero-order valence-corrected chi connectivity index (χ0v) is 34.0. The molecule has 12 nitrogen and oxygen atoms in total. The molecule has 2 fully saturated rings. The fourth-order valence-corrected chi connectivity index (χ4v) is 11.2. The van der Waals surface area contributed by atoms with Gasteiger partial charge in [0, 0.05) is 36.3 Å². The van der Waals surface area contributed by atoms with Crippen molar-refractivity contribution < 1.29 is 19.1 Å². The van der Waals surface area contributed by atoms with Crippen LogP contribution in [0.1, 0.15) is 83.8 Å². The van der Waals surface area contributed by atoms with Gasteiger partial charge in [-0.05, 0) is 109 Å². The molecule has 3 heterocycles. The van der Waals surface area contributed by atoms with E-state index in [1.54, 1.807) is 18.2 Å². The fourth-order valence-electron chi connectivity index (χ4n) is 7.00. The lowest BCUT2D eigenvalue weighted by atomic mass is 9.86. The number of methoxy groups -OCH3 is 1. The Kier molecular flexibility index (Phi) is 13.5. The third-order valence-corrected chi connectivity index (χ3v) is 14.0. The van der Waals surface area contributed by atoms with E-state index in [0.717, 1.165) is 36.9 Å². The number of nitrogens with one attached hydrogen (secondary N) is 1. The number of ether oxygens (including phenoxy) is 2. The van der Waals surface area contributed by atoms with Gasteiger partial charge in [0.05, 0.1) is 31.0 Å². The number of carbonyl (C=O) groups is 2. The van der Waals surface area contributed by atoms with Crippen molar-refractivity contribution in [2.45, 2.75) is 96.5 Å². The average Bonchev–Trinajstić information content (AvgIpc) is 3.58. The molecular formula is C39H55N8O4PS. The first-order valence-electron chi connectivity index (χ1n) is 18.4. The fraction of sp³-hybridized carbons (Fsp3) is 0.513. The highest BCUT2D eigenvalue weighted by Gasteiger charge is 2.38. The number of guanidine groups is 1. The Morgan fingerprint density at radius 3 is 2.51 bits per heavy atom. The summed E-state index contributed by atoms with van der Waals surface area (Å²) in [4.78, 5) is 39.5. The summed E-state index contributed by atoms with van der Waals surface area (Å²) < 4.78 is 13.4. The normalized spacial score (nSPS) is 18.1. The molecule has 0 spiro atoms. The van der Waals surface area contributed by atoms with E-state index < -0.39 is 24.9 Å². The first-order valence-corrected chi connectivity index (χ1v) is 21.7. The van der Waals surface area contributed by atoms with E-state index in [-0.39, 0.29) is 11.8 Å². The molecule has 0 bridgehead atoms. The summed E-state index contributed by atoms with van der Waals surface area (Å²) in [6.45, 7) is 16.1. The van der Waals surface area contributed by atoms with Crippen molar-refractivity contribution in [2.24, 2.45) is 15.7 Å².